The minimum Gasteiger partial charge on any atom is -0.393 e. The molecule has 1 unspecified atom stereocenters. The number of nitrogens with one attached hydrogen (secondary N) is 1. The third-order valence-corrected chi connectivity index (χ3v) is 1.44. The van der Waals surface area contributed by atoms with Crippen LogP contribution in [-0.4, -0.2) is 24.2 Å². The van der Waals surface area contributed by atoms with E-state index in [1.807, 2.05) is 27.7 Å². The number of carbonyl (C=O) groups is 1. The Bertz CT molecular complexity index is 129. The summed E-state index contributed by atoms with van der Waals surface area (Å²) in [7, 11) is 1.57. The molecule has 0 heterocycles. The summed E-state index contributed by atoms with van der Waals surface area (Å²) in [5.74, 6) is 0.341. The van der Waals surface area contributed by atoms with Gasteiger partial charge in [0, 0.05) is 25.6 Å². The Morgan fingerprint density at radius 3 is 2.07 bits per heavy atom. The van der Waals surface area contributed by atoms with Crippen LogP contribution in [-0.2, 0) is 23.4 Å². The molecule has 85 valence electrons. The van der Waals surface area contributed by atoms with Crippen molar-refractivity contribution < 1.29 is 28.5 Å². The van der Waals surface area contributed by atoms with Crippen LogP contribution in [0.25, 0.3) is 0 Å². The number of aliphatic hydroxyl groups excluding tert-OH is 1. The maximum Gasteiger partial charge on any atom is 0.222 e. The molecule has 0 aromatic carbocycles. The third-order valence-electron chi connectivity index (χ3n) is 1.44. The van der Waals surface area contributed by atoms with Gasteiger partial charge in [-0.25, -0.2) is 0 Å². The molecule has 0 bridgehead atoms. The van der Waals surface area contributed by atoms with Gasteiger partial charge in [-0.2, -0.15) is 0 Å². The first-order chi connectivity index (χ1) is 6.06. The van der Waals surface area contributed by atoms with Gasteiger partial charge in [-0.3, -0.25) is 4.79 Å². The molecule has 0 aromatic heterocycles. The van der Waals surface area contributed by atoms with Gasteiger partial charge in [0.25, 0.3) is 0 Å². The first-order valence-corrected chi connectivity index (χ1v) is 4.95. The van der Waals surface area contributed by atoms with E-state index < -0.39 is 6.10 Å². The average Bonchev–Trinajstić information content (AvgIpc) is 2.06. The molecule has 1 atom stereocenters. The molecule has 0 rings (SSSR count). The second kappa shape index (κ2) is 13.0. The first-order valence-electron chi connectivity index (χ1n) is 4.95. The molecule has 0 saturated carbocycles. The molecule has 2 N–H and O–H groups in total. The Morgan fingerprint density at radius 1 is 1.36 bits per heavy atom. The molecule has 14 heavy (non-hydrogen) atoms. The van der Waals surface area contributed by atoms with Crippen LogP contribution in [0.15, 0.2) is 0 Å². The van der Waals surface area contributed by atoms with Crippen LogP contribution in [0.2, 0.25) is 0 Å². The van der Waals surface area contributed by atoms with Gasteiger partial charge in [0.1, 0.15) is 0 Å². The Morgan fingerprint density at radius 2 is 1.79 bits per heavy atom. The zero-order valence-electron chi connectivity index (χ0n) is 9.87. The molecule has 4 heteroatoms. The molecule has 0 aromatic rings. The van der Waals surface area contributed by atoms with Gasteiger partial charge in [0.15, 0.2) is 0 Å². The molecular formula is C10H23NO2V. The molecular weight excluding hydrogens is 217 g/mol. The van der Waals surface area contributed by atoms with Crippen LogP contribution in [0.1, 0.15) is 40.5 Å². The summed E-state index contributed by atoms with van der Waals surface area (Å²) < 4.78 is 0. The van der Waals surface area contributed by atoms with Crippen LogP contribution in [0.5, 0.6) is 0 Å². The Balaban J connectivity index is -0.000000376. The van der Waals surface area contributed by atoms with Crippen molar-refractivity contribution in [2.45, 2.75) is 46.6 Å². The predicted octanol–water partition coefficient (Wildman–Crippen LogP) is 1.55. The molecule has 0 saturated heterocycles. The van der Waals surface area contributed by atoms with Gasteiger partial charge in [0.2, 0.25) is 5.91 Å². The van der Waals surface area contributed by atoms with Crippen LogP contribution >= 0.6 is 0 Å². The first kappa shape index (κ1) is 19.6. The molecule has 0 aliphatic rings. The number of aliphatic hydroxyl groups is 1. The zero-order valence-corrected chi connectivity index (χ0v) is 11.3. The summed E-state index contributed by atoms with van der Waals surface area (Å²) in [6.45, 7) is 8.04. The molecule has 3 nitrogen and oxygen atoms in total. The maximum atomic E-state index is 10.7. The normalized spacial score (nSPS) is 10.8. The summed E-state index contributed by atoms with van der Waals surface area (Å²) in [6.07, 6.45) is 0.414. The molecule has 0 spiro atoms. The van der Waals surface area contributed by atoms with Gasteiger partial charge in [-0.1, -0.05) is 27.7 Å². The fraction of sp³-hybridized carbons (Fsp3) is 0.900. The van der Waals surface area contributed by atoms with E-state index in [2.05, 4.69) is 5.32 Å². The second-order valence-electron chi connectivity index (χ2n) is 3.16. The molecule has 1 radical (unpaired) electrons. The molecule has 1 amide bonds. The largest absolute Gasteiger partial charge is 0.393 e. The van der Waals surface area contributed by atoms with Gasteiger partial charge < -0.3 is 10.4 Å². The van der Waals surface area contributed by atoms with Crippen molar-refractivity contribution in [2.75, 3.05) is 7.05 Å². The summed E-state index contributed by atoms with van der Waals surface area (Å²) in [5.41, 5.74) is 0. The van der Waals surface area contributed by atoms with Crippen molar-refractivity contribution in [2.24, 2.45) is 5.92 Å². The van der Waals surface area contributed by atoms with Gasteiger partial charge in [0.05, 0.1) is 12.5 Å². The van der Waals surface area contributed by atoms with E-state index in [0.29, 0.717) is 12.3 Å². The number of carbonyl (C=O) groups excluding carboxylic acids is 1. The minimum absolute atomic E-state index is 0. The van der Waals surface area contributed by atoms with Crippen molar-refractivity contribution in [3.8, 4) is 0 Å². The SMILES string of the molecule is CC.CNC(=O)CC(O)CC(C)C.[V]. The summed E-state index contributed by atoms with van der Waals surface area (Å²) in [5, 5.41) is 11.7. The van der Waals surface area contributed by atoms with E-state index in [-0.39, 0.29) is 30.9 Å². The van der Waals surface area contributed by atoms with Crippen LogP contribution < -0.4 is 5.32 Å². The van der Waals surface area contributed by atoms with E-state index >= 15 is 0 Å². The van der Waals surface area contributed by atoms with E-state index in [4.69, 9.17) is 0 Å². The summed E-state index contributed by atoms with van der Waals surface area (Å²) >= 11 is 0. The van der Waals surface area contributed by atoms with Gasteiger partial charge in [-0.15, -0.1) is 0 Å². The fourth-order valence-electron chi connectivity index (χ4n) is 0.944. The number of hydrogen-bond acceptors (Lipinski definition) is 2. The topological polar surface area (TPSA) is 49.3 Å². The number of hydrogen-bond donors (Lipinski definition) is 2. The van der Waals surface area contributed by atoms with Crippen molar-refractivity contribution in [1.82, 2.24) is 5.32 Å². The van der Waals surface area contributed by atoms with Gasteiger partial charge >= 0.3 is 0 Å². The average molecular weight is 240 g/mol. The van der Waals surface area contributed by atoms with Crippen LogP contribution in [0.3, 0.4) is 0 Å². The van der Waals surface area contributed by atoms with E-state index in [9.17, 15) is 9.90 Å². The Labute approximate surface area is 99.5 Å². The molecule has 0 aliphatic heterocycles. The smallest absolute Gasteiger partial charge is 0.222 e. The fourth-order valence-corrected chi connectivity index (χ4v) is 0.944. The Kier molecular flexibility index (Phi) is 18.2. The zero-order chi connectivity index (χ0) is 10.9. The standard InChI is InChI=1S/C8H17NO2.C2H6.V/c1-6(2)4-7(10)5-8(11)9-3;1-2;/h6-7,10H,4-5H2,1-3H3,(H,9,11);1-2H3;. The predicted molar refractivity (Wildman–Crippen MR) is 55.5 cm³/mol. The Hall–Kier alpha value is 0.0144. The quantitative estimate of drug-likeness (QED) is 0.783. The van der Waals surface area contributed by atoms with Crippen LogP contribution in [0, 0.1) is 5.92 Å². The van der Waals surface area contributed by atoms with Crippen LogP contribution in [0.4, 0.5) is 0 Å². The third kappa shape index (κ3) is 14.5. The maximum absolute atomic E-state index is 10.7. The second-order valence-corrected chi connectivity index (χ2v) is 3.16. The van der Waals surface area contributed by atoms with E-state index in [1.54, 1.807) is 7.05 Å². The number of rotatable bonds is 4. The van der Waals surface area contributed by atoms with Crippen molar-refractivity contribution >= 4 is 5.91 Å². The van der Waals surface area contributed by atoms with E-state index in [1.165, 1.54) is 0 Å². The number of amides is 1. The van der Waals surface area contributed by atoms with Crippen molar-refractivity contribution in [1.29, 1.82) is 0 Å². The molecule has 0 fully saturated rings. The van der Waals surface area contributed by atoms with Crippen molar-refractivity contribution in [3.05, 3.63) is 0 Å². The van der Waals surface area contributed by atoms with Gasteiger partial charge in [-0.05, 0) is 12.3 Å². The molecule has 0 aliphatic carbocycles. The van der Waals surface area contributed by atoms with Crippen molar-refractivity contribution in [3.63, 3.8) is 0 Å². The monoisotopic (exact) mass is 240 g/mol. The van der Waals surface area contributed by atoms with E-state index in [0.717, 1.165) is 0 Å². The summed E-state index contributed by atoms with van der Waals surface area (Å²) in [4.78, 5) is 10.7. The summed E-state index contributed by atoms with van der Waals surface area (Å²) in [6, 6.07) is 0. The minimum atomic E-state index is -0.491.